The van der Waals surface area contributed by atoms with E-state index in [9.17, 15) is 33.6 Å². The molecule has 0 aliphatic carbocycles. The fourth-order valence-electron chi connectivity index (χ4n) is 4.30. The smallest absolute Gasteiger partial charge is 0.329 e. The van der Waals surface area contributed by atoms with Crippen LogP contribution >= 0.6 is 0 Å². The lowest BCUT2D eigenvalue weighted by Crippen LogP contribution is -2.56. The highest BCUT2D eigenvalue weighted by Crippen LogP contribution is 2.13. The van der Waals surface area contributed by atoms with Crippen molar-refractivity contribution < 1.29 is 38.3 Å². The van der Waals surface area contributed by atoms with Crippen LogP contribution in [0.15, 0.2) is 12.2 Å². The Balaban J connectivity index is 2.63. The first-order valence-electron chi connectivity index (χ1n) is 15.6. The largest absolute Gasteiger partial charge is 0.458 e. The van der Waals surface area contributed by atoms with Crippen LogP contribution in [0.4, 0.5) is 0 Å². The van der Waals surface area contributed by atoms with E-state index >= 15 is 0 Å². The molecular weight excluding hydrogens is 584 g/mol. The third-order valence-corrected chi connectivity index (χ3v) is 6.84. The second kappa shape index (κ2) is 18.9. The van der Waals surface area contributed by atoms with Crippen molar-refractivity contribution in [2.45, 2.75) is 123 Å². The van der Waals surface area contributed by atoms with E-state index in [-0.39, 0.29) is 48.9 Å². The van der Waals surface area contributed by atoms with E-state index in [2.05, 4.69) is 21.3 Å². The molecule has 0 aromatic heterocycles. The molecule has 1 heterocycles. The fourth-order valence-corrected chi connectivity index (χ4v) is 4.30. The molecule has 0 spiro atoms. The molecule has 14 nitrogen and oxygen atoms in total. The van der Waals surface area contributed by atoms with Gasteiger partial charge in [-0.3, -0.25) is 33.7 Å². The average molecular weight is 637 g/mol. The van der Waals surface area contributed by atoms with E-state index in [0.717, 1.165) is 4.90 Å². The maximum atomic E-state index is 13.1. The number of hydrogen-bond acceptors (Lipinski definition) is 9. The summed E-state index contributed by atoms with van der Waals surface area (Å²) in [5, 5.41) is 10.7. The zero-order valence-electron chi connectivity index (χ0n) is 27.7. The Morgan fingerprint density at radius 2 is 1.44 bits per heavy atom. The lowest BCUT2D eigenvalue weighted by Gasteiger charge is -2.27. The summed E-state index contributed by atoms with van der Waals surface area (Å²) in [7, 11) is 0. The molecule has 1 aliphatic heterocycles. The number of imide groups is 1. The summed E-state index contributed by atoms with van der Waals surface area (Å²) in [5.74, 6) is -3.33. The zero-order valence-corrected chi connectivity index (χ0v) is 27.7. The Morgan fingerprint density at radius 3 is 2.00 bits per heavy atom. The maximum Gasteiger partial charge on any atom is 0.329 e. The highest BCUT2D eigenvalue weighted by atomic mass is 16.6. The average Bonchev–Trinajstić information content (AvgIpc) is 3.25. The topological polar surface area (TPSA) is 206 Å². The van der Waals surface area contributed by atoms with Gasteiger partial charge in [-0.05, 0) is 72.6 Å². The summed E-state index contributed by atoms with van der Waals surface area (Å²) in [4.78, 5) is 87.5. The molecule has 4 atom stereocenters. The van der Waals surface area contributed by atoms with Crippen LogP contribution in [0.5, 0.6) is 0 Å². The van der Waals surface area contributed by atoms with Gasteiger partial charge in [-0.15, -0.1) is 0 Å². The molecule has 0 radical (unpaired) electrons. The maximum absolute atomic E-state index is 13.1. The number of nitrogens with two attached hydrogens (primary N) is 1. The van der Waals surface area contributed by atoms with Crippen LogP contribution in [-0.2, 0) is 38.3 Å². The molecule has 6 amide bonds. The SMILES string of the molecule is CC(N)C(=O)NCCCCC(NC(=O)C(C)NC(=O)[C@@H](NC(=O)CCCCCN1C(=O)C=CC1=O)C(C)C)C(=O)OC(C)(C)C. The van der Waals surface area contributed by atoms with Gasteiger partial charge < -0.3 is 31.7 Å². The molecule has 0 bridgehead atoms. The van der Waals surface area contributed by atoms with Crippen molar-refractivity contribution in [1.82, 2.24) is 26.2 Å². The van der Waals surface area contributed by atoms with Gasteiger partial charge in [0, 0.05) is 31.7 Å². The van der Waals surface area contributed by atoms with Crippen LogP contribution in [-0.4, -0.2) is 89.2 Å². The number of carbonyl (C=O) groups excluding carboxylic acids is 7. The molecule has 1 rings (SSSR count). The van der Waals surface area contributed by atoms with Gasteiger partial charge in [0.15, 0.2) is 0 Å². The Kier molecular flexibility index (Phi) is 16.4. The molecule has 45 heavy (non-hydrogen) atoms. The minimum Gasteiger partial charge on any atom is -0.458 e. The quantitative estimate of drug-likeness (QED) is 0.0762. The van der Waals surface area contributed by atoms with Gasteiger partial charge in [-0.25, -0.2) is 4.79 Å². The third kappa shape index (κ3) is 15.2. The summed E-state index contributed by atoms with van der Waals surface area (Å²) in [5.41, 5.74) is 4.76. The number of rotatable bonds is 19. The Bertz CT molecular complexity index is 1080. The number of amides is 6. The van der Waals surface area contributed by atoms with Crippen LogP contribution in [0, 0.1) is 5.92 Å². The molecule has 0 aromatic rings. The lowest BCUT2D eigenvalue weighted by atomic mass is 10.0. The van der Waals surface area contributed by atoms with Crippen molar-refractivity contribution in [1.29, 1.82) is 0 Å². The molecular formula is C31H52N6O8. The number of ether oxygens (including phenoxy) is 1. The Labute approximate surface area is 266 Å². The molecule has 254 valence electrons. The predicted octanol–water partition coefficient (Wildman–Crippen LogP) is 0.578. The molecule has 14 heteroatoms. The van der Waals surface area contributed by atoms with E-state index in [4.69, 9.17) is 10.5 Å². The van der Waals surface area contributed by atoms with Crippen molar-refractivity contribution in [3.8, 4) is 0 Å². The predicted molar refractivity (Wildman–Crippen MR) is 167 cm³/mol. The van der Waals surface area contributed by atoms with Gasteiger partial charge in [-0.1, -0.05) is 20.3 Å². The van der Waals surface area contributed by atoms with Gasteiger partial charge in [0.2, 0.25) is 23.6 Å². The van der Waals surface area contributed by atoms with E-state index in [1.807, 2.05) is 0 Å². The third-order valence-electron chi connectivity index (χ3n) is 6.84. The number of carbonyl (C=O) groups is 7. The van der Waals surface area contributed by atoms with Crippen molar-refractivity contribution >= 4 is 41.4 Å². The van der Waals surface area contributed by atoms with E-state index in [1.54, 1.807) is 41.5 Å². The molecule has 0 saturated heterocycles. The number of nitrogens with zero attached hydrogens (tertiary/aromatic N) is 1. The van der Waals surface area contributed by atoms with Crippen LogP contribution in [0.1, 0.15) is 93.4 Å². The zero-order chi connectivity index (χ0) is 34.3. The monoisotopic (exact) mass is 636 g/mol. The van der Waals surface area contributed by atoms with E-state index in [1.165, 1.54) is 19.1 Å². The summed E-state index contributed by atoms with van der Waals surface area (Å²) in [6.45, 7) is 12.4. The number of hydrogen-bond donors (Lipinski definition) is 5. The lowest BCUT2D eigenvalue weighted by molar-refractivity contribution is -0.159. The van der Waals surface area contributed by atoms with Gasteiger partial charge in [-0.2, -0.15) is 0 Å². The normalized spacial score (nSPS) is 15.7. The van der Waals surface area contributed by atoms with E-state index < -0.39 is 47.6 Å². The first kappa shape index (κ1) is 39.2. The van der Waals surface area contributed by atoms with Crippen LogP contribution in [0.25, 0.3) is 0 Å². The first-order chi connectivity index (χ1) is 20.9. The van der Waals surface area contributed by atoms with Crippen molar-refractivity contribution in [3.05, 3.63) is 12.2 Å². The number of nitrogens with one attached hydrogen (secondary N) is 4. The molecule has 0 aromatic carbocycles. The summed E-state index contributed by atoms with van der Waals surface area (Å²) in [6.07, 6.45) is 5.58. The van der Waals surface area contributed by atoms with Crippen molar-refractivity contribution in [2.24, 2.45) is 11.7 Å². The minimum absolute atomic E-state index is 0.152. The van der Waals surface area contributed by atoms with Crippen LogP contribution < -0.4 is 27.0 Å². The molecule has 6 N–H and O–H groups in total. The second-order valence-corrected chi connectivity index (χ2v) is 12.7. The number of esters is 1. The Morgan fingerprint density at radius 1 is 0.822 bits per heavy atom. The standard InChI is InChI=1S/C31H52N6O8/c1-19(2)26(36-23(38)14-9-8-12-18-37-24(39)15-16-25(37)40)29(43)34-21(4)28(42)35-22(30(44)45-31(5,6)7)13-10-11-17-33-27(41)20(3)32/h15-16,19-22,26H,8-14,17-18,32H2,1-7H3,(H,33,41)(H,34,43)(H,35,42)(H,36,38)/t20?,21?,22?,26-/m0/s1. The Hall–Kier alpha value is -3.81. The summed E-state index contributed by atoms with van der Waals surface area (Å²) in [6, 6.07) is -3.52. The first-order valence-corrected chi connectivity index (χ1v) is 15.6. The molecule has 1 aliphatic rings. The highest BCUT2D eigenvalue weighted by molar-refractivity contribution is 6.12. The van der Waals surface area contributed by atoms with Crippen molar-refractivity contribution in [2.75, 3.05) is 13.1 Å². The van der Waals surface area contributed by atoms with E-state index in [0.29, 0.717) is 38.6 Å². The van der Waals surface area contributed by atoms with Crippen LogP contribution in [0.2, 0.25) is 0 Å². The second-order valence-electron chi connectivity index (χ2n) is 12.7. The number of unbranched alkanes of at least 4 members (excludes halogenated alkanes) is 3. The van der Waals surface area contributed by atoms with Crippen LogP contribution in [0.3, 0.4) is 0 Å². The van der Waals surface area contributed by atoms with Gasteiger partial charge in [0.25, 0.3) is 11.8 Å². The summed E-state index contributed by atoms with van der Waals surface area (Å²) >= 11 is 0. The van der Waals surface area contributed by atoms with Gasteiger partial charge in [0.05, 0.1) is 6.04 Å². The van der Waals surface area contributed by atoms with Crippen molar-refractivity contribution in [3.63, 3.8) is 0 Å². The van der Waals surface area contributed by atoms with Gasteiger partial charge >= 0.3 is 5.97 Å². The fraction of sp³-hybridized carbons (Fsp3) is 0.710. The summed E-state index contributed by atoms with van der Waals surface area (Å²) < 4.78 is 5.47. The highest BCUT2D eigenvalue weighted by Gasteiger charge is 2.31. The minimum atomic E-state index is -1.02. The van der Waals surface area contributed by atoms with Gasteiger partial charge in [0.1, 0.15) is 23.7 Å². The molecule has 3 unspecified atom stereocenters. The molecule has 0 fully saturated rings. The molecule has 0 saturated carbocycles.